The Hall–Kier alpha value is -2.77. The fraction of sp³-hybridized carbons (Fsp3) is 0.0556. The molecule has 0 aliphatic heterocycles. The molecule has 0 saturated heterocycles. The summed E-state index contributed by atoms with van der Waals surface area (Å²) in [5.74, 6) is -1.42. The highest BCUT2D eigenvalue weighted by Crippen LogP contribution is 2.26. The Morgan fingerprint density at radius 2 is 1.85 bits per heavy atom. The average Bonchev–Trinajstić information content (AvgIpc) is 3.08. The Morgan fingerprint density at radius 1 is 1.12 bits per heavy atom. The summed E-state index contributed by atoms with van der Waals surface area (Å²) in [7, 11) is 0. The minimum atomic E-state index is -0.586. The predicted octanol–water partition coefficient (Wildman–Crippen LogP) is 4.81. The van der Waals surface area contributed by atoms with Crippen LogP contribution in [0.15, 0.2) is 47.8 Å². The second kappa shape index (κ2) is 7.63. The summed E-state index contributed by atoms with van der Waals surface area (Å²) in [4.78, 5) is 27.8. The number of halogens is 2. The number of benzene rings is 2. The molecule has 0 aliphatic carbocycles. The average molecular weight is 390 g/mol. The first kappa shape index (κ1) is 18.0. The topological polar surface area (TPSA) is 71.1 Å². The number of nitrogens with one attached hydrogen (secondary N) is 2. The molecule has 1 heterocycles. The van der Waals surface area contributed by atoms with Gasteiger partial charge in [0.05, 0.1) is 5.69 Å². The van der Waals surface area contributed by atoms with Gasteiger partial charge in [0.1, 0.15) is 16.5 Å². The van der Waals surface area contributed by atoms with Crippen molar-refractivity contribution in [2.24, 2.45) is 0 Å². The molecule has 3 aromatic rings. The Bertz CT molecular complexity index is 973. The van der Waals surface area contributed by atoms with Crippen LogP contribution in [0.1, 0.15) is 17.4 Å². The van der Waals surface area contributed by atoms with E-state index in [1.165, 1.54) is 36.5 Å². The van der Waals surface area contributed by atoms with Crippen LogP contribution in [0, 0.1) is 5.82 Å². The van der Waals surface area contributed by atoms with Crippen molar-refractivity contribution >= 4 is 46.1 Å². The summed E-state index contributed by atoms with van der Waals surface area (Å²) >= 11 is 7.20. The molecule has 0 spiro atoms. The van der Waals surface area contributed by atoms with Crippen LogP contribution in [-0.2, 0) is 4.79 Å². The molecule has 0 bridgehead atoms. The van der Waals surface area contributed by atoms with E-state index in [1.807, 2.05) is 12.1 Å². The monoisotopic (exact) mass is 389 g/mol. The molecule has 132 valence electrons. The first-order valence-electron chi connectivity index (χ1n) is 7.52. The van der Waals surface area contributed by atoms with Gasteiger partial charge in [-0.15, -0.1) is 11.3 Å². The molecule has 2 aromatic carbocycles. The van der Waals surface area contributed by atoms with Crippen molar-refractivity contribution in [3.05, 3.63) is 64.4 Å². The third-order valence-corrected chi connectivity index (χ3v) is 4.51. The SMILES string of the molecule is CC(=O)Nc1cc(NC(=O)c2csc(-c3ccc(Cl)cc3)n2)ccc1F. The second-order valence-corrected chi connectivity index (χ2v) is 6.67. The first-order valence-corrected chi connectivity index (χ1v) is 8.78. The highest BCUT2D eigenvalue weighted by atomic mass is 35.5. The number of hydrogen-bond donors (Lipinski definition) is 2. The number of nitrogens with zero attached hydrogens (tertiary/aromatic N) is 1. The van der Waals surface area contributed by atoms with Crippen molar-refractivity contribution in [3.8, 4) is 10.6 Å². The summed E-state index contributed by atoms with van der Waals surface area (Å²) in [6, 6.07) is 11.1. The van der Waals surface area contributed by atoms with Gasteiger partial charge in [0.25, 0.3) is 5.91 Å². The van der Waals surface area contributed by atoms with Gasteiger partial charge in [-0.2, -0.15) is 0 Å². The number of carbonyl (C=O) groups excluding carboxylic acids is 2. The summed E-state index contributed by atoms with van der Waals surface area (Å²) in [6.07, 6.45) is 0. The van der Waals surface area contributed by atoms with E-state index in [0.29, 0.717) is 15.7 Å². The molecule has 0 unspecified atom stereocenters. The zero-order valence-electron chi connectivity index (χ0n) is 13.5. The van der Waals surface area contributed by atoms with Crippen LogP contribution in [0.5, 0.6) is 0 Å². The van der Waals surface area contributed by atoms with E-state index in [2.05, 4.69) is 15.6 Å². The quantitative estimate of drug-likeness (QED) is 0.672. The van der Waals surface area contributed by atoms with E-state index in [1.54, 1.807) is 17.5 Å². The number of rotatable bonds is 4. The molecule has 26 heavy (non-hydrogen) atoms. The fourth-order valence-electron chi connectivity index (χ4n) is 2.19. The summed E-state index contributed by atoms with van der Waals surface area (Å²) in [5, 5.41) is 7.95. The van der Waals surface area contributed by atoms with Crippen LogP contribution in [0.25, 0.3) is 10.6 Å². The van der Waals surface area contributed by atoms with Crippen molar-refractivity contribution in [1.29, 1.82) is 0 Å². The van der Waals surface area contributed by atoms with Crippen molar-refractivity contribution in [1.82, 2.24) is 4.98 Å². The number of aromatic nitrogens is 1. The van der Waals surface area contributed by atoms with Gasteiger partial charge in [-0.25, -0.2) is 9.37 Å². The van der Waals surface area contributed by atoms with Crippen molar-refractivity contribution in [2.75, 3.05) is 10.6 Å². The Morgan fingerprint density at radius 3 is 2.54 bits per heavy atom. The third kappa shape index (κ3) is 4.25. The summed E-state index contributed by atoms with van der Waals surface area (Å²) in [6.45, 7) is 1.28. The van der Waals surface area contributed by atoms with Crippen LogP contribution in [0.3, 0.4) is 0 Å². The van der Waals surface area contributed by atoms with Gasteiger partial charge in [-0.1, -0.05) is 23.7 Å². The molecule has 2 N–H and O–H groups in total. The van der Waals surface area contributed by atoms with Crippen LogP contribution in [0.4, 0.5) is 15.8 Å². The lowest BCUT2D eigenvalue weighted by atomic mass is 10.2. The fourth-order valence-corrected chi connectivity index (χ4v) is 3.12. The molecular weight excluding hydrogens is 377 g/mol. The normalized spacial score (nSPS) is 10.4. The van der Waals surface area contributed by atoms with E-state index in [9.17, 15) is 14.0 Å². The minimum absolute atomic E-state index is 0.00423. The van der Waals surface area contributed by atoms with Gasteiger partial charge in [0.15, 0.2) is 0 Å². The van der Waals surface area contributed by atoms with Crippen molar-refractivity contribution in [2.45, 2.75) is 6.92 Å². The van der Waals surface area contributed by atoms with E-state index in [4.69, 9.17) is 11.6 Å². The standard InChI is InChI=1S/C18H13ClFN3O2S/c1-10(24)21-15-8-13(6-7-14(15)20)22-17(25)16-9-26-18(23-16)11-2-4-12(19)5-3-11/h2-9H,1H3,(H,21,24)(H,22,25). The number of anilines is 2. The second-order valence-electron chi connectivity index (χ2n) is 5.37. The predicted molar refractivity (Wildman–Crippen MR) is 101 cm³/mol. The zero-order chi connectivity index (χ0) is 18.7. The zero-order valence-corrected chi connectivity index (χ0v) is 15.1. The molecule has 1 aromatic heterocycles. The molecule has 8 heteroatoms. The molecule has 0 fully saturated rings. The molecule has 0 radical (unpaired) electrons. The van der Waals surface area contributed by atoms with Crippen LogP contribution in [0.2, 0.25) is 5.02 Å². The molecule has 0 saturated carbocycles. The Kier molecular flexibility index (Phi) is 5.29. The molecule has 0 atom stereocenters. The smallest absolute Gasteiger partial charge is 0.275 e. The number of hydrogen-bond acceptors (Lipinski definition) is 4. The Labute approximate surface area is 157 Å². The molecular formula is C18H13ClFN3O2S. The third-order valence-electron chi connectivity index (χ3n) is 3.36. The number of thiazole rings is 1. The van der Waals surface area contributed by atoms with E-state index in [-0.39, 0.29) is 11.4 Å². The maximum atomic E-state index is 13.7. The maximum Gasteiger partial charge on any atom is 0.275 e. The molecule has 2 amide bonds. The highest BCUT2D eigenvalue weighted by Gasteiger charge is 2.13. The lowest BCUT2D eigenvalue weighted by Gasteiger charge is -2.08. The van der Waals surface area contributed by atoms with Gasteiger partial charge in [0.2, 0.25) is 5.91 Å². The van der Waals surface area contributed by atoms with Gasteiger partial charge in [0, 0.05) is 28.6 Å². The largest absolute Gasteiger partial charge is 0.324 e. The van der Waals surface area contributed by atoms with Crippen LogP contribution in [-0.4, -0.2) is 16.8 Å². The molecule has 3 rings (SSSR count). The molecule has 0 aliphatic rings. The number of amides is 2. The first-order chi connectivity index (χ1) is 12.4. The van der Waals surface area contributed by atoms with Crippen molar-refractivity contribution in [3.63, 3.8) is 0 Å². The van der Waals surface area contributed by atoms with Gasteiger partial charge >= 0.3 is 0 Å². The lowest BCUT2D eigenvalue weighted by molar-refractivity contribution is -0.114. The maximum absolute atomic E-state index is 13.7. The van der Waals surface area contributed by atoms with E-state index < -0.39 is 17.6 Å². The van der Waals surface area contributed by atoms with Crippen molar-refractivity contribution < 1.29 is 14.0 Å². The van der Waals surface area contributed by atoms with Gasteiger partial charge < -0.3 is 10.6 Å². The summed E-state index contributed by atoms with van der Waals surface area (Å²) in [5.41, 5.74) is 1.44. The highest BCUT2D eigenvalue weighted by molar-refractivity contribution is 7.13. The van der Waals surface area contributed by atoms with Crippen LogP contribution < -0.4 is 10.6 Å². The summed E-state index contributed by atoms with van der Waals surface area (Å²) < 4.78 is 13.7. The van der Waals surface area contributed by atoms with E-state index in [0.717, 1.165) is 5.56 Å². The lowest BCUT2D eigenvalue weighted by Crippen LogP contribution is -2.13. The van der Waals surface area contributed by atoms with Crippen LogP contribution >= 0.6 is 22.9 Å². The Balaban J connectivity index is 1.76. The minimum Gasteiger partial charge on any atom is -0.324 e. The van der Waals surface area contributed by atoms with Gasteiger partial charge in [-0.05, 0) is 30.3 Å². The number of carbonyl (C=O) groups is 2. The van der Waals surface area contributed by atoms with Gasteiger partial charge in [-0.3, -0.25) is 9.59 Å². The van der Waals surface area contributed by atoms with E-state index >= 15 is 0 Å². The molecule has 5 nitrogen and oxygen atoms in total.